The highest BCUT2D eigenvalue weighted by atomic mass is 32.1. The minimum absolute atomic E-state index is 0.653. The number of nitrogens with zero attached hydrogens (tertiary/aromatic N) is 1. The molecule has 4 heteroatoms. The van der Waals surface area contributed by atoms with E-state index in [0.29, 0.717) is 6.04 Å². The van der Waals surface area contributed by atoms with Gasteiger partial charge in [-0.25, -0.2) is 4.98 Å². The van der Waals surface area contributed by atoms with E-state index >= 15 is 0 Å². The van der Waals surface area contributed by atoms with Crippen molar-refractivity contribution in [1.29, 1.82) is 0 Å². The summed E-state index contributed by atoms with van der Waals surface area (Å²) in [5.74, 6) is 0. The lowest BCUT2D eigenvalue weighted by Crippen LogP contribution is -2.26. The number of rotatable bonds is 2. The Hall–Kier alpha value is -0.770. The van der Waals surface area contributed by atoms with Crippen LogP contribution in [0.5, 0.6) is 0 Å². The van der Waals surface area contributed by atoms with Crippen molar-refractivity contribution in [3.8, 4) is 0 Å². The molecule has 11 heavy (non-hydrogen) atoms. The van der Waals surface area contributed by atoms with Gasteiger partial charge in [0.2, 0.25) is 0 Å². The first-order chi connectivity index (χ1) is 5.34. The second kappa shape index (κ2) is 2.70. The topological polar surface area (TPSA) is 50.9 Å². The third-order valence-electron chi connectivity index (χ3n) is 1.96. The van der Waals surface area contributed by atoms with Gasteiger partial charge in [0.1, 0.15) is 5.00 Å². The standard InChI is InChI=1S/C7H11N3S/c8-6-4-9-7(11-6)10-5-2-1-3-5/h4-5H,1-3,8H2,(H,9,10). The smallest absolute Gasteiger partial charge is 0.184 e. The fourth-order valence-corrected chi connectivity index (χ4v) is 1.74. The highest BCUT2D eigenvalue weighted by molar-refractivity contribution is 7.19. The van der Waals surface area contributed by atoms with Crippen LogP contribution in [0.3, 0.4) is 0 Å². The summed E-state index contributed by atoms with van der Waals surface area (Å²) >= 11 is 1.52. The van der Waals surface area contributed by atoms with Crippen molar-refractivity contribution in [3.05, 3.63) is 6.20 Å². The predicted octanol–water partition coefficient (Wildman–Crippen LogP) is 1.69. The largest absolute Gasteiger partial charge is 0.389 e. The van der Waals surface area contributed by atoms with Crippen LogP contribution in [-0.4, -0.2) is 11.0 Å². The molecule has 0 bridgehead atoms. The monoisotopic (exact) mass is 169 g/mol. The van der Waals surface area contributed by atoms with Crippen molar-refractivity contribution >= 4 is 21.5 Å². The SMILES string of the molecule is Nc1cnc(NC2CCC2)s1. The summed E-state index contributed by atoms with van der Waals surface area (Å²) < 4.78 is 0. The maximum atomic E-state index is 5.53. The van der Waals surface area contributed by atoms with Gasteiger partial charge < -0.3 is 11.1 Å². The van der Waals surface area contributed by atoms with E-state index in [4.69, 9.17) is 5.73 Å². The summed E-state index contributed by atoms with van der Waals surface area (Å²) in [5.41, 5.74) is 5.53. The van der Waals surface area contributed by atoms with Gasteiger partial charge in [-0.3, -0.25) is 0 Å². The van der Waals surface area contributed by atoms with Crippen molar-refractivity contribution < 1.29 is 0 Å². The molecule has 1 aromatic rings. The Kier molecular flexibility index (Phi) is 1.69. The van der Waals surface area contributed by atoms with Gasteiger partial charge in [0.15, 0.2) is 5.13 Å². The van der Waals surface area contributed by atoms with Crippen LogP contribution in [0.2, 0.25) is 0 Å². The fourth-order valence-electron chi connectivity index (χ4n) is 1.08. The second-order valence-electron chi connectivity index (χ2n) is 2.84. The van der Waals surface area contributed by atoms with Crippen LogP contribution in [0, 0.1) is 0 Å². The van der Waals surface area contributed by atoms with E-state index < -0.39 is 0 Å². The van der Waals surface area contributed by atoms with E-state index in [-0.39, 0.29) is 0 Å². The molecule has 0 atom stereocenters. The summed E-state index contributed by atoms with van der Waals surface area (Å²) in [5, 5.41) is 5.08. The van der Waals surface area contributed by atoms with Gasteiger partial charge in [0.05, 0.1) is 6.20 Å². The van der Waals surface area contributed by atoms with Crippen molar-refractivity contribution in [2.24, 2.45) is 0 Å². The zero-order valence-corrected chi connectivity index (χ0v) is 7.03. The van der Waals surface area contributed by atoms with E-state index in [2.05, 4.69) is 10.3 Å². The van der Waals surface area contributed by atoms with Crippen molar-refractivity contribution in [3.63, 3.8) is 0 Å². The van der Waals surface area contributed by atoms with Crippen LogP contribution >= 0.6 is 11.3 Å². The third-order valence-corrected chi connectivity index (χ3v) is 2.71. The lowest BCUT2D eigenvalue weighted by molar-refractivity contribution is 0.445. The molecule has 0 unspecified atom stereocenters. The lowest BCUT2D eigenvalue weighted by atomic mass is 9.93. The molecule has 0 aromatic carbocycles. The summed E-state index contributed by atoms with van der Waals surface area (Å²) in [6.45, 7) is 0. The Morgan fingerprint density at radius 2 is 2.45 bits per heavy atom. The zero-order chi connectivity index (χ0) is 7.68. The van der Waals surface area contributed by atoms with Gasteiger partial charge in [-0.05, 0) is 19.3 Å². The van der Waals surface area contributed by atoms with E-state index in [0.717, 1.165) is 10.1 Å². The summed E-state index contributed by atoms with van der Waals surface area (Å²) in [7, 11) is 0. The van der Waals surface area contributed by atoms with Crippen LogP contribution in [0.15, 0.2) is 6.20 Å². The van der Waals surface area contributed by atoms with Crippen molar-refractivity contribution in [2.75, 3.05) is 11.1 Å². The summed E-state index contributed by atoms with van der Waals surface area (Å²) in [6.07, 6.45) is 5.60. The van der Waals surface area contributed by atoms with E-state index in [1.165, 1.54) is 30.6 Å². The number of nitrogen functional groups attached to an aromatic ring is 1. The molecule has 1 aliphatic rings. The Balaban J connectivity index is 1.95. The second-order valence-corrected chi connectivity index (χ2v) is 3.90. The first kappa shape index (κ1) is 6.91. The molecule has 0 spiro atoms. The maximum Gasteiger partial charge on any atom is 0.184 e. The molecule has 1 fully saturated rings. The van der Waals surface area contributed by atoms with Crippen molar-refractivity contribution in [2.45, 2.75) is 25.3 Å². The Morgan fingerprint density at radius 1 is 1.64 bits per heavy atom. The van der Waals surface area contributed by atoms with Gasteiger partial charge in [-0.2, -0.15) is 0 Å². The number of thiazole rings is 1. The molecule has 3 nitrogen and oxygen atoms in total. The minimum atomic E-state index is 0.653. The van der Waals surface area contributed by atoms with E-state index in [9.17, 15) is 0 Å². The molecule has 1 aliphatic carbocycles. The molecule has 60 valence electrons. The minimum Gasteiger partial charge on any atom is -0.389 e. The number of hydrogen-bond donors (Lipinski definition) is 2. The molecule has 3 N–H and O–H groups in total. The number of anilines is 2. The number of hydrogen-bond acceptors (Lipinski definition) is 4. The molecular formula is C7H11N3S. The Labute approximate surface area is 69.6 Å². The number of nitrogens with one attached hydrogen (secondary N) is 1. The third kappa shape index (κ3) is 1.45. The molecule has 2 rings (SSSR count). The Bertz CT molecular complexity index is 242. The van der Waals surface area contributed by atoms with E-state index in [1.807, 2.05) is 0 Å². The van der Waals surface area contributed by atoms with Crippen LogP contribution in [0.25, 0.3) is 0 Å². The molecular weight excluding hydrogens is 158 g/mol. The molecule has 0 saturated heterocycles. The predicted molar refractivity (Wildman–Crippen MR) is 47.8 cm³/mol. The number of nitrogens with two attached hydrogens (primary N) is 1. The molecule has 0 amide bonds. The van der Waals surface area contributed by atoms with Gasteiger partial charge in [-0.1, -0.05) is 11.3 Å². The lowest BCUT2D eigenvalue weighted by Gasteiger charge is -2.25. The fraction of sp³-hybridized carbons (Fsp3) is 0.571. The summed E-state index contributed by atoms with van der Waals surface area (Å²) in [6, 6.07) is 0.653. The zero-order valence-electron chi connectivity index (χ0n) is 6.21. The average Bonchev–Trinajstić information content (AvgIpc) is 2.27. The van der Waals surface area contributed by atoms with Crippen molar-refractivity contribution in [1.82, 2.24) is 4.98 Å². The van der Waals surface area contributed by atoms with E-state index in [1.54, 1.807) is 6.20 Å². The normalized spacial score (nSPS) is 17.8. The molecule has 1 aromatic heterocycles. The Morgan fingerprint density at radius 3 is 2.91 bits per heavy atom. The van der Waals surface area contributed by atoms with Gasteiger partial charge in [-0.15, -0.1) is 0 Å². The molecule has 1 heterocycles. The molecule has 0 radical (unpaired) electrons. The maximum absolute atomic E-state index is 5.53. The highest BCUT2D eigenvalue weighted by Gasteiger charge is 2.17. The van der Waals surface area contributed by atoms with Gasteiger partial charge in [0.25, 0.3) is 0 Å². The van der Waals surface area contributed by atoms with Crippen LogP contribution < -0.4 is 11.1 Å². The quantitative estimate of drug-likeness (QED) is 0.708. The summed E-state index contributed by atoms with van der Waals surface area (Å²) in [4.78, 5) is 4.12. The highest BCUT2D eigenvalue weighted by Crippen LogP contribution is 2.26. The first-order valence-electron chi connectivity index (χ1n) is 3.82. The van der Waals surface area contributed by atoms with Crippen LogP contribution in [-0.2, 0) is 0 Å². The number of aromatic nitrogens is 1. The van der Waals surface area contributed by atoms with Gasteiger partial charge in [0, 0.05) is 6.04 Å². The van der Waals surface area contributed by atoms with Crippen LogP contribution in [0.4, 0.5) is 10.1 Å². The average molecular weight is 169 g/mol. The first-order valence-corrected chi connectivity index (χ1v) is 4.64. The molecule has 1 saturated carbocycles. The molecule has 0 aliphatic heterocycles. The van der Waals surface area contributed by atoms with Gasteiger partial charge >= 0.3 is 0 Å². The van der Waals surface area contributed by atoms with Crippen LogP contribution in [0.1, 0.15) is 19.3 Å².